The molecule has 3 nitrogen and oxygen atoms in total. The zero-order chi connectivity index (χ0) is 14.6. The molecule has 0 atom stereocenters. The molecule has 0 radical (unpaired) electrons. The third kappa shape index (κ3) is 4.83. The Morgan fingerprint density at radius 2 is 2.05 bits per heavy atom. The van der Waals surface area contributed by atoms with Crippen LogP contribution in [0, 0.1) is 5.92 Å². The Balaban J connectivity index is 1.65. The average molecular weight is 295 g/mol. The molecule has 20 heavy (non-hydrogen) atoms. The number of thiazole rings is 1. The van der Waals surface area contributed by atoms with Crippen LogP contribution in [-0.2, 0) is 12.0 Å². The van der Waals surface area contributed by atoms with Crippen LogP contribution in [0.1, 0.15) is 50.7 Å². The summed E-state index contributed by atoms with van der Waals surface area (Å²) in [4.78, 5) is 7.16. The van der Waals surface area contributed by atoms with Crippen LogP contribution >= 0.6 is 11.3 Å². The quantitative estimate of drug-likeness (QED) is 0.845. The summed E-state index contributed by atoms with van der Waals surface area (Å²) in [5.41, 5.74) is 1.38. The van der Waals surface area contributed by atoms with E-state index in [0.717, 1.165) is 19.0 Å². The van der Waals surface area contributed by atoms with Gasteiger partial charge in [-0.1, -0.05) is 20.8 Å². The van der Waals surface area contributed by atoms with E-state index in [9.17, 15) is 0 Å². The van der Waals surface area contributed by atoms with E-state index in [-0.39, 0.29) is 5.41 Å². The first-order valence-electron chi connectivity index (χ1n) is 7.79. The highest BCUT2D eigenvalue weighted by molar-refractivity contribution is 7.09. The lowest BCUT2D eigenvalue weighted by Crippen LogP contribution is -2.31. The number of nitrogens with zero attached hydrogens (tertiary/aromatic N) is 2. The van der Waals surface area contributed by atoms with Crippen molar-refractivity contribution in [1.29, 1.82) is 0 Å². The monoisotopic (exact) mass is 295 g/mol. The molecule has 1 N–H and O–H groups in total. The fourth-order valence-electron chi connectivity index (χ4n) is 2.61. The summed E-state index contributed by atoms with van der Waals surface area (Å²) in [6, 6.07) is 0. The molecule has 0 spiro atoms. The molecular formula is C16H29N3S. The van der Waals surface area contributed by atoms with Gasteiger partial charge in [0.15, 0.2) is 0 Å². The smallest absolute Gasteiger partial charge is 0.0982 e. The largest absolute Gasteiger partial charge is 0.311 e. The summed E-state index contributed by atoms with van der Waals surface area (Å²) in [5.74, 6) is 0.916. The molecule has 0 saturated carbocycles. The van der Waals surface area contributed by atoms with Crippen molar-refractivity contribution >= 4 is 11.3 Å². The number of nitrogens with one attached hydrogen (secondary N) is 1. The van der Waals surface area contributed by atoms with E-state index in [1.165, 1.54) is 43.1 Å². The van der Waals surface area contributed by atoms with E-state index in [2.05, 4.69) is 43.4 Å². The average Bonchev–Trinajstić information content (AvgIpc) is 2.85. The van der Waals surface area contributed by atoms with Crippen LogP contribution in [0.5, 0.6) is 0 Å². The highest BCUT2D eigenvalue weighted by atomic mass is 32.1. The van der Waals surface area contributed by atoms with E-state index in [4.69, 9.17) is 4.98 Å². The van der Waals surface area contributed by atoms with Gasteiger partial charge in [-0.05, 0) is 51.9 Å². The van der Waals surface area contributed by atoms with E-state index in [1.54, 1.807) is 11.3 Å². The summed E-state index contributed by atoms with van der Waals surface area (Å²) in [7, 11) is 2.23. The molecule has 2 heterocycles. The zero-order valence-electron chi connectivity index (χ0n) is 13.4. The van der Waals surface area contributed by atoms with Gasteiger partial charge < -0.3 is 10.2 Å². The molecule has 2 rings (SSSR count). The van der Waals surface area contributed by atoms with Gasteiger partial charge in [-0.15, -0.1) is 11.3 Å². The third-order valence-corrected chi connectivity index (χ3v) is 5.38. The van der Waals surface area contributed by atoms with Crippen LogP contribution < -0.4 is 5.32 Å². The van der Waals surface area contributed by atoms with Crippen molar-refractivity contribution in [2.45, 2.75) is 52.0 Å². The highest BCUT2D eigenvalue weighted by Gasteiger charge is 2.18. The SMILES string of the molecule is CN1CCC(CCNCc2csc(C(C)(C)C)n2)CC1. The molecule has 1 aliphatic heterocycles. The number of hydrogen-bond acceptors (Lipinski definition) is 4. The Morgan fingerprint density at radius 1 is 1.35 bits per heavy atom. The first kappa shape index (κ1) is 15.9. The predicted molar refractivity (Wildman–Crippen MR) is 87.4 cm³/mol. The fraction of sp³-hybridized carbons (Fsp3) is 0.812. The van der Waals surface area contributed by atoms with Crippen molar-refractivity contribution in [3.05, 3.63) is 16.1 Å². The zero-order valence-corrected chi connectivity index (χ0v) is 14.2. The van der Waals surface area contributed by atoms with Crippen molar-refractivity contribution in [2.75, 3.05) is 26.7 Å². The van der Waals surface area contributed by atoms with Crippen LogP contribution in [0.25, 0.3) is 0 Å². The summed E-state index contributed by atoms with van der Waals surface area (Å²) >= 11 is 1.79. The molecule has 114 valence electrons. The Kier molecular flexibility index (Phi) is 5.58. The highest BCUT2D eigenvalue weighted by Crippen LogP contribution is 2.25. The summed E-state index contributed by atoms with van der Waals surface area (Å²) in [5, 5.41) is 6.99. The van der Waals surface area contributed by atoms with Crippen molar-refractivity contribution in [3.8, 4) is 0 Å². The van der Waals surface area contributed by atoms with Gasteiger partial charge in [0.1, 0.15) is 0 Å². The van der Waals surface area contributed by atoms with Gasteiger partial charge in [-0.3, -0.25) is 0 Å². The number of piperidine rings is 1. The van der Waals surface area contributed by atoms with Crippen molar-refractivity contribution < 1.29 is 0 Å². The van der Waals surface area contributed by atoms with Crippen LogP contribution in [0.4, 0.5) is 0 Å². The molecule has 0 aliphatic carbocycles. The summed E-state index contributed by atoms with van der Waals surface area (Å²) < 4.78 is 0. The van der Waals surface area contributed by atoms with Crippen LogP contribution in [0.2, 0.25) is 0 Å². The van der Waals surface area contributed by atoms with Crippen LogP contribution in [0.15, 0.2) is 5.38 Å². The molecule has 1 aliphatic rings. The Morgan fingerprint density at radius 3 is 2.65 bits per heavy atom. The van der Waals surface area contributed by atoms with Crippen molar-refractivity contribution in [1.82, 2.24) is 15.2 Å². The molecule has 4 heteroatoms. The molecule has 0 unspecified atom stereocenters. The number of likely N-dealkylation sites (tertiary alicyclic amines) is 1. The van der Waals surface area contributed by atoms with E-state index in [0.29, 0.717) is 0 Å². The second kappa shape index (κ2) is 7.01. The second-order valence-electron chi connectivity index (χ2n) is 7.11. The Hall–Kier alpha value is -0.450. The normalized spacial score (nSPS) is 18.6. The minimum atomic E-state index is 0.178. The summed E-state index contributed by atoms with van der Waals surface area (Å²) in [6.07, 6.45) is 4.04. The van der Waals surface area contributed by atoms with Gasteiger partial charge in [-0.25, -0.2) is 4.98 Å². The number of hydrogen-bond donors (Lipinski definition) is 1. The van der Waals surface area contributed by atoms with Crippen molar-refractivity contribution in [3.63, 3.8) is 0 Å². The molecule has 1 fully saturated rings. The van der Waals surface area contributed by atoms with Gasteiger partial charge in [0.2, 0.25) is 0 Å². The lowest BCUT2D eigenvalue weighted by atomic mass is 9.94. The third-order valence-electron chi connectivity index (χ3n) is 4.07. The first-order chi connectivity index (χ1) is 9.45. The van der Waals surface area contributed by atoms with Crippen LogP contribution in [0.3, 0.4) is 0 Å². The van der Waals surface area contributed by atoms with E-state index in [1.807, 2.05) is 0 Å². The molecule has 1 aromatic heterocycles. The van der Waals surface area contributed by atoms with Gasteiger partial charge in [-0.2, -0.15) is 0 Å². The predicted octanol–water partition coefficient (Wildman–Crippen LogP) is 3.26. The molecule has 0 aromatic carbocycles. The molecule has 0 amide bonds. The van der Waals surface area contributed by atoms with E-state index < -0.39 is 0 Å². The molecular weight excluding hydrogens is 266 g/mol. The lowest BCUT2D eigenvalue weighted by Gasteiger charge is -2.28. The Labute approximate surface area is 127 Å². The van der Waals surface area contributed by atoms with Gasteiger partial charge in [0, 0.05) is 17.3 Å². The topological polar surface area (TPSA) is 28.2 Å². The minimum Gasteiger partial charge on any atom is -0.311 e. The van der Waals surface area contributed by atoms with Gasteiger partial charge in [0.25, 0.3) is 0 Å². The number of rotatable bonds is 5. The van der Waals surface area contributed by atoms with Gasteiger partial charge >= 0.3 is 0 Å². The molecule has 1 saturated heterocycles. The van der Waals surface area contributed by atoms with Crippen molar-refractivity contribution in [2.24, 2.45) is 5.92 Å². The maximum absolute atomic E-state index is 4.73. The second-order valence-corrected chi connectivity index (χ2v) is 7.96. The maximum atomic E-state index is 4.73. The van der Waals surface area contributed by atoms with Crippen LogP contribution in [-0.4, -0.2) is 36.6 Å². The minimum absolute atomic E-state index is 0.178. The van der Waals surface area contributed by atoms with E-state index >= 15 is 0 Å². The lowest BCUT2D eigenvalue weighted by molar-refractivity contribution is 0.211. The maximum Gasteiger partial charge on any atom is 0.0982 e. The molecule has 1 aromatic rings. The van der Waals surface area contributed by atoms with Gasteiger partial charge in [0.05, 0.1) is 10.7 Å². The Bertz CT molecular complexity index is 400. The first-order valence-corrected chi connectivity index (χ1v) is 8.67. The standard InChI is InChI=1S/C16H29N3S/c1-16(2,3)15-18-14(12-20-15)11-17-8-5-13-6-9-19(4)10-7-13/h12-13,17H,5-11H2,1-4H3. The fourth-order valence-corrected chi connectivity index (χ4v) is 3.51. The molecule has 0 bridgehead atoms. The number of aromatic nitrogens is 1. The summed E-state index contributed by atoms with van der Waals surface area (Å²) in [6.45, 7) is 11.3.